The molecule has 1 aromatic carbocycles. The molecule has 2 nitrogen and oxygen atoms in total. The van der Waals surface area contributed by atoms with Crippen LogP contribution < -0.4 is 5.32 Å². The lowest BCUT2D eigenvalue weighted by molar-refractivity contribution is 0.564. The van der Waals surface area contributed by atoms with Gasteiger partial charge in [-0.25, -0.2) is 0 Å². The van der Waals surface area contributed by atoms with Crippen LogP contribution in [0.1, 0.15) is 16.9 Å². The first-order valence-corrected chi connectivity index (χ1v) is 5.55. The van der Waals surface area contributed by atoms with Gasteiger partial charge in [-0.3, -0.25) is 0 Å². The fourth-order valence-electron chi connectivity index (χ4n) is 2.30. The molecule has 0 spiro atoms. The maximum atomic E-state index is 6.22. The maximum Gasteiger partial charge on any atom is 0.134 e. The zero-order valence-electron chi connectivity index (χ0n) is 8.56. The van der Waals surface area contributed by atoms with Crippen LogP contribution in [0.2, 0.25) is 5.02 Å². The fourth-order valence-corrected chi connectivity index (χ4v) is 2.56. The standard InChI is InChI=1S/C12H12ClNO/c1-7-9-6-14-5-4-8-10(13)2-3-11(15-7)12(8)9/h2-3,14H,4-6H2,1H3. The Hall–Kier alpha value is -0.990. The zero-order valence-corrected chi connectivity index (χ0v) is 9.32. The van der Waals surface area contributed by atoms with Crippen LogP contribution >= 0.6 is 11.6 Å². The number of hydrogen-bond acceptors (Lipinski definition) is 2. The topological polar surface area (TPSA) is 25.2 Å². The normalized spacial score (nSPS) is 15.6. The highest BCUT2D eigenvalue weighted by molar-refractivity contribution is 6.32. The first-order chi connectivity index (χ1) is 7.27. The van der Waals surface area contributed by atoms with Crippen LogP contribution in [0.3, 0.4) is 0 Å². The third-order valence-electron chi connectivity index (χ3n) is 3.06. The van der Waals surface area contributed by atoms with E-state index in [4.69, 9.17) is 16.0 Å². The molecule has 15 heavy (non-hydrogen) atoms. The third-order valence-corrected chi connectivity index (χ3v) is 3.41. The van der Waals surface area contributed by atoms with E-state index in [1.807, 2.05) is 19.1 Å². The second-order valence-electron chi connectivity index (χ2n) is 3.96. The van der Waals surface area contributed by atoms with Crippen molar-refractivity contribution in [2.24, 2.45) is 0 Å². The summed E-state index contributed by atoms with van der Waals surface area (Å²) in [6.07, 6.45) is 0.974. The summed E-state index contributed by atoms with van der Waals surface area (Å²) >= 11 is 6.22. The minimum absolute atomic E-state index is 0.855. The second kappa shape index (κ2) is 3.26. The van der Waals surface area contributed by atoms with E-state index in [-0.39, 0.29) is 0 Å². The molecule has 0 bridgehead atoms. The van der Waals surface area contributed by atoms with Crippen LogP contribution in [-0.4, -0.2) is 6.54 Å². The van der Waals surface area contributed by atoms with Crippen molar-refractivity contribution < 1.29 is 4.42 Å². The Balaban J connectivity index is 2.45. The van der Waals surface area contributed by atoms with Gasteiger partial charge in [0.1, 0.15) is 11.3 Å². The summed E-state index contributed by atoms with van der Waals surface area (Å²) < 4.78 is 5.72. The van der Waals surface area contributed by atoms with E-state index in [0.717, 1.165) is 35.9 Å². The molecule has 0 unspecified atom stereocenters. The molecule has 0 aliphatic carbocycles. The second-order valence-corrected chi connectivity index (χ2v) is 4.37. The molecular weight excluding hydrogens is 210 g/mol. The molecule has 0 atom stereocenters. The monoisotopic (exact) mass is 221 g/mol. The molecule has 1 aromatic heterocycles. The highest BCUT2D eigenvalue weighted by Crippen LogP contribution is 2.34. The van der Waals surface area contributed by atoms with Crippen LogP contribution in [0.5, 0.6) is 0 Å². The van der Waals surface area contributed by atoms with Crippen LogP contribution in [0.4, 0.5) is 0 Å². The Morgan fingerprint density at radius 3 is 3.07 bits per heavy atom. The number of aryl methyl sites for hydroxylation is 1. The Labute approximate surface area is 93.2 Å². The van der Waals surface area contributed by atoms with Crippen molar-refractivity contribution in [2.75, 3.05) is 6.54 Å². The van der Waals surface area contributed by atoms with Gasteiger partial charge in [0.2, 0.25) is 0 Å². The number of furan rings is 1. The highest BCUT2D eigenvalue weighted by atomic mass is 35.5. The zero-order chi connectivity index (χ0) is 10.4. The van der Waals surface area contributed by atoms with Crippen molar-refractivity contribution in [3.8, 4) is 0 Å². The number of benzene rings is 1. The average molecular weight is 222 g/mol. The predicted octanol–water partition coefficient (Wildman–Crippen LogP) is 3.04. The average Bonchev–Trinajstić information content (AvgIpc) is 2.44. The predicted molar refractivity (Wildman–Crippen MR) is 61.4 cm³/mol. The van der Waals surface area contributed by atoms with Crippen molar-refractivity contribution in [3.05, 3.63) is 34.0 Å². The third kappa shape index (κ3) is 1.29. The first kappa shape index (κ1) is 9.25. The van der Waals surface area contributed by atoms with Gasteiger partial charge < -0.3 is 9.73 Å². The number of hydrogen-bond donors (Lipinski definition) is 1. The Morgan fingerprint density at radius 2 is 2.20 bits per heavy atom. The lowest BCUT2D eigenvalue weighted by Gasteiger charge is -2.02. The Bertz CT molecular complexity index is 530. The summed E-state index contributed by atoms with van der Waals surface area (Å²) in [5, 5.41) is 5.47. The van der Waals surface area contributed by atoms with Gasteiger partial charge in [0.15, 0.2) is 0 Å². The molecule has 1 aliphatic rings. The molecule has 0 radical (unpaired) electrons. The van der Waals surface area contributed by atoms with Gasteiger partial charge in [-0.15, -0.1) is 0 Å². The summed E-state index contributed by atoms with van der Waals surface area (Å²) in [5.74, 6) is 1.00. The van der Waals surface area contributed by atoms with Crippen LogP contribution in [0, 0.1) is 6.92 Å². The minimum atomic E-state index is 0.855. The lowest BCUT2D eigenvalue weighted by Crippen LogP contribution is -2.14. The van der Waals surface area contributed by atoms with Gasteiger partial charge in [0.05, 0.1) is 0 Å². The molecule has 2 aromatic rings. The van der Waals surface area contributed by atoms with E-state index in [2.05, 4.69) is 5.32 Å². The minimum Gasteiger partial charge on any atom is -0.461 e. The van der Waals surface area contributed by atoms with Gasteiger partial charge in [0, 0.05) is 22.5 Å². The quantitative estimate of drug-likeness (QED) is 0.740. The van der Waals surface area contributed by atoms with E-state index in [0.29, 0.717) is 0 Å². The fraction of sp³-hybridized carbons (Fsp3) is 0.333. The van der Waals surface area contributed by atoms with Crippen molar-refractivity contribution in [2.45, 2.75) is 19.9 Å². The molecule has 2 heterocycles. The molecule has 0 saturated heterocycles. The molecule has 3 heteroatoms. The molecule has 0 saturated carbocycles. The summed E-state index contributed by atoms with van der Waals surface area (Å²) in [6.45, 7) is 3.87. The number of rotatable bonds is 0. The van der Waals surface area contributed by atoms with Crippen LogP contribution in [0.25, 0.3) is 11.0 Å². The summed E-state index contributed by atoms with van der Waals surface area (Å²) in [5.41, 5.74) is 3.46. The number of nitrogens with one attached hydrogen (secondary N) is 1. The highest BCUT2D eigenvalue weighted by Gasteiger charge is 2.18. The van der Waals surface area contributed by atoms with Crippen molar-refractivity contribution in [1.82, 2.24) is 5.32 Å². The van der Waals surface area contributed by atoms with Crippen molar-refractivity contribution >= 4 is 22.6 Å². The molecule has 0 amide bonds. The van der Waals surface area contributed by atoms with E-state index in [9.17, 15) is 0 Å². The Kier molecular flexibility index (Phi) is 2.01. The van der Waals surface area contributed by atoms with Gasteiger partial charge in [0.25, 0.3) is 0 Å². The van der Waals surface area contributed by atoms with Crippen molar-refractivity contribution in [1.29, 1.82) is 0 Å². The van der Waals surface area contributed by atoms with E-state index >= 15 is 0 Å². The maximum absolute atomic E-state index is 6.22. The smallest absolute Gasteiger partial charge is 0.134 e. The first-order valence-electron chi connectivity index (χ1n) is 5.17. The van der Waals surface area contributed by atoms with E-state index in [1.54, 1.807) is 0 Å². The molecular formula is C12H12ClNO. The van der Waals surface area contributed by atoms with Gasteiger partial charge in [-0.05, 0) is 37.6 Å². The molecule has 1 N–H and O–H groups in total. The van der Waals surface area contributed by atoms with Crippen molar-refractivity contribution in [3.63, 3.8) is 0 Å². The van der Waals surface area contributed by atoms with Crippen LogP contribution in [0.15, 0.2) is 16.5 Å². The molecule has 1 aliphatic heterocycles. The van der Waals surface area contributed by atoms with E-state index < -0.39 is 0 Å². The molecule has 0 fully saturated rings. The summed E-state index contributed by atoms with van der Waals surface area (Å²) in [6, 6.07) is 3.89. The largest absolute Gasteiger partial charge is 0.461 e. The lowest BCUT2D eigenvalue weighted by atomic mass is 10.0. The van der Waals surface area contributed by atoms with E-state index in [1.165, 1.54) is 16.5 Å². The summed E-state index contributed by atoms with van der Waals surface area (Å²) in [7, 11) is 0. The van der Waals surface area contributed by atoms with Gasteiger partial charge >= 0.3 is 0 Å². The molecule has 3 rings (SSSR count). The Morgan fingerprint density at radius 1 is 1.33 bits per heavy atom. The SMILES string of the molecule is Cc1oc2ccc(Cl)c3c2c1CNCC3. The molecule has 78 valence electrons. The van der Waals surface area contributed by atoms with Crippen LogP contribution in [-0.2, 0) is 13.0 Å². The number of halogens is 1. The summed E-state index contributed by atoms with van der Waals surface area (Å²) in [4.78, 5) is 0. The van der Waals surface area contributed by atoms with Gasteiger partial charge in [-0.2, -0.15) is 0 Å². The van der Waals surface area contributed by atoms with Gasteiger partial charge in [-0.1, -0.05) is 11.6 Å².